The summed E-state index contributed by atoms with van der Waals surface area (Å²) in [5, 5.41) is 3.20. The predicted octanol–water partition coefficient (Wildman–Crippen LogP) is 3.84. The van der Waals surface area contributed by atoms with E-state index in [1.165, 1.54) is 5.69 Å². The molecule has 0 radical (unpaired) electrons. The number of methoxy groups -OCH3 is 1. The predicted molar refractivity (Wildman–Crippen MR) is 123 cm³/mol. The zero-order valence-electron chi connectivity index (χ0n) is 18.6. The fraction of sp³-hybridized carbons (Fsp3) is 0.480. The highest BCUT2D eigenvalue weighted by Gasteiger charge is 2.32. The van der Waals surface area contributed by atoms with Crippen molar-refractivity contribution in [1.29, 1.82) is 0 Å². The van der Waals surface area contributed by atoms with Crippen molar-refractivity contribution in [2.45, 2.75) is 25.3 Å². The number of hydrogen-bond donors (Lipinski definition) is 1. The maximum absolute atomic E-state index is 13.0. The van der Waals surface area contributed by atoms with Gasteiger partial charge in [0, 0.05) is 37.9 Å². The van der Waals surface area contributed by atoms with Gasteiger partial charge < -0.3 is 29.3 Å². The lowest BCUT2D eigenvalue weighted by Gasteiger charge is -2.27. The molecule has 32 heavy (non-hydrogen) atoms. The normalized spacial score (nSPS) is 22.2. The minimum absolute atomic E-state index is 0.0298. The third kappa shape index (κ3) is 4.29. The number of carbonyl (C=O) groups is 1. The Morgan fingerprint density at radius 2 is 1.97 bits per heavy atom. The third-order valence-electron chi connectivity index (χ3n) is 6.71. The largest absolute Gasteiger partial charge is 0.497 e. The van der Waals surface area contributed by atoms with E-state index < -0.39 is 0 Å². The third-order valence-corrected chi connectivity index (χ3v) is 6.71. The molecule has 1 N–H and O–H groups in total. The first kappa shape index (κ1) is 20.8. The summed E-state index contributed by atoms with van der Waals surface area (Å²) in [5.41, 5.74) is 2.29. The monoisotopic (exact) mass is 437 g/mol. The van der Waals surface area contributed by atoms with Crippen molar-refractivity contribution >= 4 is 11.7 Å². The van der Waals surface area contributed by atoms with Crippen molar-refractivity contribution in [1.82, 2.24) is 10.2 Å². The van der Waals surface area contributed by atoms with Crippen molar-refractivity contribution < 1.29 is 19.0 Å². The van der Waals surface area contributed by atoms with Gasteiger partial charge in [0.2, 0.25) is 0 Å². The number of anilines is 1. The molecule has 2 unspecified atom stereocenters. The molecule has 3 aliphatic rings. The van der Waals surface area contributed by atoms with Crippen LogP contribution in [0.5, 0.6) is 17.2 Å². The molecule has 2 aromatic carbocycles. The average Bonchev–Trinajstić information content (AvgIpc) is 3.52. The number of likely N-dealkylation sites (tertiary alicyclic amines) is 1. The lowest BCUT2D eigenvalue weighted by molar-refractivity contribution is 0.170. The zero-order valence-corrected chi connectivity index (χ0v) is 18.6. The summed E-state index contributed by atoms with van der Waals surface area (Å²) in [6.45, 7) is 4.58. The molecular formula is C25H31N3O4. The molecule has 3 heterocycles. The lowest BCUT2D eigenvalue weighted by atomic mass is 10.0. The summed E-state index contributed by atoms with van der Waals surface area (Å²) in [5.74, 6) is 2.89. The number of hydrogen-bond acceptors (Lipinski definition) is 5. The van der Waals surface area contributed by atoms with Crippen molar-refractivity contribution in [3.8, 4) is 17.2 Å². The van der Waals surface area contributed by atoms with Gasteiger partial charge in [0.1, 0.15) is 19.0 Å². The van der Waals surface area contributed by atoms with Gasteiger partial charge in [-0.15, -0.1) is 0 Å². The van der Waals surface area contributed by atoms with Crippen molar-refractivity contribution in [2.24, 2.45) is 5.92 Å². The molecule has 3 aliphatic heterocycles. The summed E-state index contributed by atoms with van der Waals surface area (Å²) in [7, 11) is 1.69. The summed E-state index contributed by atoms with van der Waals surface area (Å²) in [6, 6.07) is 14.4. The summed E-state index contributed by atoms with van der Waals surface area (Å²) in [6.07, 6.45) is 3.06. The van der Waals surface area contributed by atoms with Crippen molar-refractivity contribution in [2.75, 3.05) is 51.4 Å². The molecule has 2 aromatic rings. The van der Waals surface area contributed by atoms with Gasteiger partial charge in [0.05, 0.1) is 13.2 Å². The summed E-state index contributed by atoms with van der Waals surface area (Å²) < 4.78 is 16.7. The van der Waals surface area contributed by atoms with Crippen molar-refractivity contribution in [3.63, 3.8) is 0 Å². The second-order valence-corrected chi connectivity index (χ2v) is 8.74. The second-order valence-electron chi connectivity index (χ2n) is 8.74. The molecule has 5 rings (SSSR count). The molecule has 0 spiro atoms. The maximum Gasteiger partial charge on any atom is 0.317 e. The maximum atomic E-state index is 13.0. The Kier molecular flexibility index (Phi) is 5.97. The van der Waals surface area contributed by atoms with E-state index in [0.717, 1.165) is 61.7 Å². The lowest BCUT2D eigenvalue weighted by Crippen LogP contribution is -2.41. The van der Waals surface area contributed by atoms with E-state index in [4.69, 9.17) is 14.2 Å². The minimum atomic E-state index is 0.0298. The standard InChI is InChI=1S/C25H31N3O4/c1-30-21-5-2-4-20(15-21)27-11-9-18(17-27)16-26-25(29)28-10-3-6-22(28)19-7-8-23-24(14-19)32-13-12-31-23/h2,4-5,7-8,14-15,18,22H,3,6,9-13,16-17H2,1H3,(H,26,29). The highest BCUT2D eigenvalue weighted by molar-refractivity contribution is 5.75. The van der Waals surface area contributed by atoms with Crippen LogP contribution in [0.2, 0.25) is 0 Å². The van der Waals surface area contributed by atoms with Crippen molar-refractivity contribution in [3.05, 3.63) is 48.0 Å². The second kappa shape index (κ2) is 9.18. The zero-order chi connectivity index (χ0) is 21.9. The van der Waals surface area contributed by atoms with E-state index in [9.17, 15) is 4.79 Å². The molecular weight excluding hydrogens is 406 g/mol. The molecule has 0 bridgehead atoms. The van der Waals surface area contributed by atoms with Crippen LogP contribution in [-0.4, -0.2) is 57.4 Å². The Labute approximate surface area is 189 Å². The van der Waals surface area contributed by atoms with E-state index >= 15 is 0 Å². The highest BCUT2D eigenvalue weighted by atomic mass is 16.6. The molecule has 7 nitrogen and oxygen atoms in total. The highest BCUT2D eigenvalue weighted by Crippen LogP contribution is 2.38. The van der Waals surface area contributed by atoms with Crippen LogP contribution >= 0.6 is 0 Å². The number of rotatable bonds is 5. The van der Waals surface area contributed by atoms with Gasteiger partial charge in [-0.1, -0.05) is 12.1 Å². The van der Waals surface area contributed by atoms with Crippen LogP contribution in [0.15, 0.2) is 42.5 Å². The minimum Gasteiger partial charge on any atom is -0.497 e. The first-order valence-electron chi connectivity index (χ1n) is 11.5. The molecule has 2 saturated heterocycles. The smallest absolute Gasteiger partial charge is 0.317 e. The molecule has 0 aromatic heterocycles. The molecule has 170 valence electrons. The van der Waals surface area contributed by atoms with Gasteiger partial charge in [-0.25, -0.2) is 4.79 Å². The van der Waals surface area contributed by atoms with Crippen LogP contribution < -0.4 is 24.4 Å². The van der Waals surface area contributed by atoms with Crippen LogP contribution in [0, 0.1) is 5.92 Å². The Morgan fingerprint density at radius 3 is 2.84 bits per heavy atom. The van der Waals surface area contributed by atoms with Crippen LogP contribution in [0.3, 0.4) is 0 Å². The Balaban J connectivity index is 1.17. The average molecular weight is 438 g/mol. The Bertz CT molecular complexity index is 966. The fourth-order valence-corrected chi connectivity index (χ4v) is 5.00. The Hall–Kier alpha value is -3.09. The number of nitrogens with one attached hydrogen (secondary N) is 1. The van der Waals surface area contributed by atoms with E-state index in [-0.39, 0.29) is 12.1 Å². The molecule has 2 amide bonds. The molecule has 0 aliphatic carbocycles. The molecule has 0 saturated carbocycles. The number of ether oxygens (including phenoxy) is 3. The van der Waals surface area contributed by atoms with Gasteiger partial charge in [-0.05, 0) is 55.0 Å². The van der Waals surface area contributed by atoms with E-state index in [2.05, 4.69) is 28.4 Å². The van der Waals surface area contributed by atoms with Gasteiger partial charge in [0.15, 0.2) is 11.5 Å². The topological polar surface area (TPSA) is 63.3 Å². The van der Waals surface area contributed by atoms with Crippen LogP contribution in [0.1, 0.15) is 30.9 Å². The number of benzene rings is 2. The van der Waals surface area contributed by atoms with Gasteiger partial charge in [-0.3, -0.25) is 0 Å². The van der Waals surface area contributed by atoms with Gasteiger partial charge in [0.25, 0.3) is 0 Å². The van der Waals surface area contributed by atoms with E-state index in [1.807, 2.05) is 29.2 Å². The quantitative estimate of drug-likeness (QED) is 0.770. The first-order valence-corrected chi connectivity index (χ1v) is 11.5. The van der Waals surface area contributed by atoms with Gasteiger partial charge in [-0.2, -0.15) is 0 Å². The number of fused-ring (bicyclic) bond motifs is 1. The van der Waals surface area contributed by atoms with Crippen LogP contribution in [0.25, 0.3) is 0 Å². The van der Waals surface area contributed by atoms with Gasteiger partial charge >= 0.3 is 6.03 Å². The molecule has 7 heteroatoms. The molecule has 2 atom stereocenters. The van der Waals surface area contributed by atoms with E-state index in [0.29, 0.717) is 25.7 Å². The fourth-order valence-electron chi connectivity index (χ4n) is 5.00. The SMILES string of the molecule is COc1cccc(N2CCC(CNC(=O)N3CCCC3c3ccc4c(c3)OCCO4)C2)c1. The first-order chi connectivity index (χ1) is 15.7. The summed E-state index contributed by atoms with van der Waals surface area (Å²) in [4.78, 5) is 17.4. The van der Waals surface area contributed by atoms with E-state index in [1.54, 1.807) is 7.11 Å². The molecule has 2 fully saturated rings. The number of amides is 2. The number of nitrogens with zero attached hydrogens (tertiary/aromatic N) is 2. The number of carbonyl (C=O) groups excluding carboxylic acids is 1. The van der Waals surface area contributed by atoms with Crippen LogP contribution in [-0.2, 0) is 0 Å². The summed E-state index contributed by atoms with van der Waals surface area (Å²) >= 11 is 0. The number of urea groups is 1. The Morgan fingerprint density at radius 1 is 1.09 bits per heavy atom. The van der Waals surface area contributed by atoms with Crippen LogP contribution in [0.4, 0.5) is 10.5 Å².